The second-order valence-electron chi connectivity index (χ2n) is 12.8. The molecular weight excluding hydrogens is 603 g/mol. The summed E-state index contributed by atoms with van der Waals surface area (Å²) < 4.78 is 6.11. The monoisotopic (exact) mass is 629 g/mol. The molecule has 7 aromatic carbocycles. The van der Waals surface area contributed by atoms with Gasteiger partial charge in [-0.15, -0.1) is 11.3 Å². The fourth-order valence-corrected chi connectivity index (χ4v) is 9.53. The third-order valence-corrected chi connectivity index (χ3v) is 11.4. The Morgan fingerprint density at radius 3 is 2.06 bits per heavy atom. The van der Waals surface area contributed by atoms with Gasteiger partial charge >= 0.3 is 0 Å². The maximum Gasteiger partial charge on any atom is 0.127 e. The van der Waals surface area contributed by atoms with Crippen LogP contribution in [-0.2, 0) is 0 Å². The maximum atomic E-state index is 5.49. The molecule has 0 aliphatic heterocycles. The van der Waals surface area contributed by atoms with E-state index in [4.69, 9.17) is 4.99 Å². The van der Waals surface area contributed by atoms with Crippen molar-refractivity contribution in [2.75, 3.05) is 0 Å². The molecule has 11 rings (SSSR count). The standard InChI is InChI=1S/C44H27N3S/c1-25(27-11-4-3-5-12-27)38-32-15-7-9-18-37(32)48-44(38)45-26(2)46-35-23-20-28-13-10-17-34-39(28)41(35)42-36(46)24-21-29-19-22-31-30-14-6-8-16-33(30)47(34)43(31)40(29)42/h3-24H,1H2,2H3/b45-26+. The molecule has 0 saturated carbocycles. The zero-order valence-corrected chi connectivity index (χ0v) is 27.0. The highest BCUT2D eigenvalue weighted by molar-refractivity contribution is 7.23. The minimum Gasteiger partial charge on any atom is -0.308 e. The van der Waals surface area contributed by atoms with E-state index >= 15 is 0 Å². The largest absolute Gasteiger partial charge is 0.308 e. The fourth-order valence-electron chi connectivity index (χ4n) is 8.38. The van der Waals surface area contributed by atoms with Crippen LogP contribution in [0, 0.1) is 0 Å². The van der Waals surface area contributed by atoms with Gasteiger partial charge in [-0.3, -0.25) is 4.57 Å². The van der Waals surface area contributed by atoms with Crippen molar-refractivity contribution >= 4 is 109 Å². The van der Waals surface area contributed by atoms with Gasteiger partial charge in [0.25, 0.3) is 0 Å². The highest BCUT2D eigenvalue weighted by Gasteiger charge is 2.25. The van der Waals surface area contributed by atoms with E-state index in [9.17, 15) is 0 Å². The smallest absolute Gasteiger partial charge is 0.127 e. The molecule has 0 atom stereocenters. The predicted octanol–water partition coefficient (Wildman–Crippen LogP) is 12.4. The number of thiophene rings is 1. The first-order valence-corrected chi connectivity index (χ1v) is 17.2. The van der Waals surface area contributed by atoms with Crippen LogP contribution in [0.1, 0.15) is 18.1 Å². The summed E-state index contributed by atoms with van der Waals surface area (Å²) in [6.45, 7) is 6.75. The van der Waals surface area contributed by atoms with Crippen LogP contribution in [0.4, 0.5) is 5.00 Å². The highest BCUT2D eigenvalue weighted by atomic mass is 32.1. The molecular formula is C44H27N3S. The summed E-state index contributed by atoms with van der Waals surface area (Å²) in [6, 6.07) is 48.4. The lowest BCUT2D eigenvalue weighted by atomic mass is 9.98. The van der Waals surface area contributed by atoms with E-state index in [0.717, 1.165) is 27.5 Å². The first-order valence-electron chi connectivity index (χ1n) is 16.3. The van der Waals surface area contributed by atoms with Gasteiger partial charge in [0, 0.05) is 48.0 Å². The zero-order chi connectivity index (χ0) is 31.7. The summed E-state index contributed by atoms with van der Waals surface area (Å²) >= 11 is 1.74. The third-order valence-electron chi connectivity index (χ3n) is 10.4. The molecule has 0 N–H and O–H groups in total. The topological polar surface area (TPSA) is 21.7 Å². The number of benzene rings is 7. The average Bonchev–Trinajstić information content (AvgIpc) is 3.75. The molecule has 0 aliphatic carbocycles. The van der Waals surface area contributed by atoms with Crippen LogP contribution in [0.15, 0.2) is 145 Å². The van der Waals surface area contributed by atoms with Crippen molar-refractivity contribution < 1.29 is 0 Å². The Morgan fingerprint density at radius 1 is 0.562 bits per heavy atom. The fraction of sp³-hybridized carbons (Fsp3) is 0.0227. The van der Waals surface area contributed by atoms with E-state index in [1.807, 2.05) is 0 Å². The molecule has 0 saturated heterocycles. The Kier molecular flexibility index (Phi) is 5.07. The second-order valence-corrected chi connectivity index (χ2v) is 13.9. The minimum absolute atomic E-state index is 0.938. The molecule has 11 aromatic rings. The van der Waals surface area contributed by atoms with Crippen LogP contribution in [0.2, 0.25) is 0 Å². The van der Waals surface area contributed by atoms with Crippen molar-refractivity contribution in [2.45, 2.75) is 6.92 Å². The summed E-state index contributed by atoms with van der Waals surface area (Å²) in [4.78, 5) is 5.49. The molecule has 3 nitrogen and oxygen atoms in total. The van der Waals surface area contributed by atoms with Crippen LogP contribution in [0.3, 0.4) is 0 Å². The van der Waals surface area contributed by atoms with E-state index in [0.29, 0.717) is 0 Å². The summed E-state index contributed by atoms with van der Waals surface area (Å²) in [5.41, 5.74) is 9.31. The van der Waals surface area contributed by atoms with E-state index < -0.39 is 0 Å². The molecule has 4 heteroatoms. The van der Waals surface area contributed by atoms with Gasteiger partial charge in [0.15, 0.2) is 0 Å². The van der Waals surface area contributed by atoms with Crippen LogP contribution >= 0.6 is 11.3 Å². The van der Waals surface area contributed by atoms with Crippen LogP contribution < -0.4 is 0 Å². The van der Waals surface area contributed by atoms with Crippen molar-refractivity contribution in [1.29, 1.82) is 0 Å². The summed E-state index contributed by atoms with van der Waals surface area (Å²) in [5.74, 6) is 0.938. The summed E-state index contributed by atoms with van der Waals surface area (Å²) in [6.07, 6.45) is 0. The first kappa shape index (κ1) is 26.1. The number of rotatable bonds is 3. The van der Waals surface area contributed by atoms with Crippen molar-refractivity contribution in [1.82, 2.24) is 8.97 Å². The number of fused-ring (bicyclic) bond motifs is 5. The molecule has 0 fully saturated rings. The number of hydrogen-bond donors (Lipinski definition) is 0. The molecule has 0 spiro atoms. The van der Waals surface area contributed by atoms with Crippen molar-refractivity contribution in [3.8, 4) is 0 Å². The molecule has 0 aliphatic rings. The van der Waals surface area contributed by atoms with E-state index in [1.165, 1.54) is 80.8 Å². The van der Waals surface area contributed by atoms with Crippen molar-refractivity contribution in [3.05, 3.63) is 151 Å². The molecule has 0 bridgehead atoms. The lowest BCUT2D eigenvalue weighted by Gasteiger charge is -2.11. The van der Waals surface area contributed by atoms with Gasteiger partial charge in [0.2, 0.25) is 0 Å². The van der Waals surface area contributed by atoms with Crippen LogP contribution in [0.5, 0.6) is 0 Å². The van der Waals surface area contributed by atoms with Gasteiger partial charge in [-0.2, -0.15) is 0 Å². The number of nitrogens with zero attached hydrogens (tertiary/aromatic N) is 3. The van der Waals surface area contributed by atoms with Crippen molar-refractivity contribution in [3.63, 3.8) is 0 Å². The molecule has 0 unspecified atom stereocenters. The Hall–Kier alpha value is -5.97. The second kappa shape index (κ2) is 9.31. The van der Waals surface area contributed by atoms with Crippen molar-refractivity contribution in [2.24, 2.45) is 4.99 Å². The first-order chi connectivity index (χ1) is 23.7. The quantitative estimate of drug-likeness (QED) is 0.137. The number of para-hydroxylation sites is 1. The van der Waals surface area contributed by atoms with Gasteiger partial charge in [0.1, 0.15) is 10.8 Å². The number of hydrogen-bond acceptors (Lipinski definition) is 2. The Bertz CT molecular complexity index is 3130. The van der Waals surface area contributed by atoms with E-state index in [1.54, 1.807) is 11.3 Å². The third kappa shape index (κ3) is 3.25. The van der Waals surface area contributed by atoms with E-state index in [-0.39, 0.29) is 0 Å². The molecule has 0 amide bonds. The minimum atomic E-state index is 0.938. The molecule has 0 radical (unpaired) electrons. The van der Waals surface area contributed by atoms with Gasteiger partial charge in [0.05, 0.1) is 27.6 Å². The summed E-state index contributed by atoms with van der Waals surface area (Å²) in [5, 5.41) is 12.4. The molecule has 4 aromatic heterocycles. The van der Waals surface area contributed by atoms with Gasteiger partial charge in [-0.25, -0.2) is 4.99 Å². The Balaban J connectivity index is 1.29. The van der Waals surface area contributed by atoms with Gasteiger partial charge in [-0.1, -0.05) is 110 Å². The molecule has 4 heterocycles. The highest BCUT2D eigenvalue weighted by Crippen LogP contribution is 2.48. The predicted molar refractivity (Wildman–Crippen MR) is 207 cm³/mol. The molecule has 224 valence electrons. The Labute approximate surface area is 279 Å². The van der Waals surface area contributed by atoms with E-state index in [2.05, 4.69) is 156 Å². The lowest BCUT2D eigenvalue weighted by Crippen LogP contribution is -2.06. The van der Waals surface area contributed by atoms with Gasteiger partial charge in [-0.05, 0) is 59.2 Å². The molecule has 48 heavy (non-hydrogen) atoms. The summed E-state index contributed by atoms with van der Waals surface area (Å²) in [7, 11) is 0. The normalized spacial score (nSPS) is 12.9. The lowest BCUT2D eigenvalue weighted by molar-refractivity contribution is 1.24. The van der Waals surface area contributed by atoms with Crippen LogP contribution in [0.25, 0.3) is 86.3 Å². The SMILES string of the molecule is C=C(c1ccccc1)c1c(/N=C(\C)n2c3ccc4cccc5c4c3c3c4c(ccc6c7ccccc7n5c64)ccc32)sc2ccccc12. The average molecular weight is 630 g/mol. The van der Waals surface area contributed by atoms with Crippen LogP contribution in [-0.4, -0.2) is 14.8 Å². The number of aliphatic imine (C=N–C) groups is 1. The van der Waals surface area contributed by atoms with Gasteiger partial charge < -0.3 is 4.40 Å². The maximum absolute atomic E-state index is 5.49. The Morgan fingerprint density at radius 2 is 1.23 bits per heavy atom. The zero-order valence-electron chi connectivity index (χ0n) is 26.2. The number of aromatic nitrogens is 2.